The first-order chi connectivity index (χ1) is 8.69. The lowest BCUT2D eigenvalue weighted by atomic mass is 10.1. The molecule has 18 heavy (non-hydrogen) atoms. The molecular formula is C14H19NO2S. The molecule has 0 amide bonds. The van der Waals surface area contributed by atoms with Crippen LogP contribution in [0, 0.1) is 0 Å². The second-order valence-electron chi connectivity index (χ2n) is 4.67. The quantitative estimate of drug-likeness (QED) is 0.859. The van der Waals surface area contributed by atoms with E-state index in [0.717, 1.165) is 13.0 Å². The van der Waals surface area contributed by atoms with E-state index in [1.54, 1.807) is 11.8 Å². The van der Waals surface area contributed by atoms with Crippen LogP contribution in [-0.2, 0) is 11.2 Å². The van der Waals surface area contributed by atoms with Crippen LogP contribution in [0.1, 0.15) is 25.3 Å². The highest BCUT2D eigenvalue weighted by Crippen LogP contribution is 2.29. The number of aryl methyl sites for hydroxylation is 1. The predicted molar refractivity (Wildman–Crippen MR) is 74.1 cm³/mol. The molecule has 4 heteroatoms. The standard InChI is InChI=1S/C14H19NO2S/c1-2-3-10-4-6-11(7-5-10)18-12-8-13(14(16)17)15-9-12/h4-7,12-13,15H,2-3,8-9H2,1H3,(H,16,17)/t12-,13+/m1/s1. The minimum atomic E-state index is -0.739. The van der Waals surface area contributed by atoms with Crippen LogP contribution in [-0.4, -0.2) is 28.9 Å². The molecule has 1 aliphatic rings. The number of hydrogen-bond donors (Lipinski definition) is 2. The van der Waals surface area contributed by atoms with Gasteiger partial charge in [0.25, 0.3) is 0 Å². The van der Waals surface area contributed by atoms with Crippen LogP contribution >= 0.6 is 11.8 Å². The Hall–Kier alpha value is -1.00. The summed E-state index contributed by atoms with van der Waals surface area (Å²) in [5.41, 5.74) is 1.37. The van der Waals surface area contributed by atoms with Crippen molar-refractivity contribution in [1.82, 2.24) is 5.32 Å². The zero-order valence-electron chi connectivity index (χ0n) is 10.6. The summed E-state index contributed by atoms with van der Waals surface area (Å²) >= 11 is 1.77. The summed E-state index contributed by atoms with van der Waals surface area (Å²) in [6, 6.07) is 8.25. The number of hydrogen-bond acceptors (Lipinski definition) is 3. The molecule has 3 nitrogen and oxygen atoms in total. The number of benzene rings is 1. The maximum Gasteiger partial charge on any atom is 0.320 e. The van der Waals surface area contributed by atoms with E-state index >= 15 is 0 Å². The summed E-state index contributed by atoms with van der Waals surface area (Å²) in [4.78, 5) is 12.1. The number of carboxylic acids is 1. The minimum Gasteiger partial charge on any atom is -0.480 e. The SMILES string of the molecule is CCCc1ccc(S[C@H]2CN[C@H](C(=O)O)C2)cc1. The fourth-order valence-corrected chi connectivity index (χ4v) is 3.34. The Bertz CT molecular complexity index is 405. The van der Waals surface area contributed by atoms with Crippen molar-refractivity contribution < 1.29 is 9.90 Å². The highest BCUT2D eigenvalue weighted by atomic mass is 32.2. The number of carboxylic acid groups (broad SMARTS) is 1. The first kappa shape index (κ1) is 13.4. The van der Waals surface area contributed by atoms with E-state index in [9.17, 15) is 4.79 Å². The fraction of sp³-hybridized carbons (Fsp3) is 0.500. The van der Waals surface area contributed by atoms with E-state index in [0.29, 0.717) is 11.7 Å². The average Bonchev–Trinajstić information content (AvgIpc) is 2.81. The zero-order chi connectivity index (χ0) is 13.0. The van der Waals surface area contributed by atoms with Crippen molar-refractivity contribution >= 4 is 17.7 Å². The minimum absolute atomic E-state index is 0.364. The van der Waals surface area contributed by atoms with Gasteiger partial charge in [0.2, 0.25) is 0 Å². The molecule has 2 N–H and O–H groups in total. The molecule has 98 valence electrons. The van der Waals surface area contributed by atoms with Gasteiger partial charge >= 0.3 is 5.97 Å². The van der Waals surface area contributed by atoms with Crippen LogP contribution in [0.4, 0.5) is 0 Å². The normalized spacial score (nSPS) is 23.2. The van der Waals surface area contributed by atoms with E-state index in [1.165, 1.54) is 16.9 Å². The third-order valence-electron chi connectivity index (χ3n) is 3.15. The van der Waals surface area contributed by atoms with Crippen LogP contribution in [0.3, 0.4) is 0 Å². The Morgan fingerprint density at radius 2 is 2.17 bits per heavy atom. The molecule has 2 atom stereocenters. The summed E-state index contributed by atoms with van der Waals surface area (Å²) in [6.07, 6.45) is 2.99. The van der Waals surface area contributed by atoms with Crippen molar-refractivity contribution in [1.29, 1.82) is 0 Å². The third-order valence-corrected chi connectivity index (χ3v) is 4.39. The molecule has 1 aliphatic heterocycles. The molecule has 1 aromatic carbocycles. The summed E-state index contributed by atoms with van der Waals surface area (Å²) in [6.45, 7) is 2.96. The van der Waals surface area contributed by atoms with Gasteiger partial charge in [-0.2, -0.15) is 0 Å². The topological polar surface area (TPSA) is 49.3 Å². The second-order valence-corrected chi connectivity index (χ2v) is 6.04. The van der Waals surface area contributed by atoms with Crippen LogP contribution in [0.5, 0.6) is 0 Å². The van der Waals surface area contributed by atoms with E-state index in [4.69, 9.17) is 5.11 Å². The summed E-state index contributed by atoms with van der Waals surface area (Å²) in [5.74, 6) is -0.739. The van der Waals surface area contributed by atoms with Crippen LogP contribution in [0.25, 0.3) is 0 Å². The van der Waals surface area contributed by atoms with Gasteiger partial charge in [0, 0.05) is 16.7 Å². The molecule has 0 saturated carbocycles. The van der Waals surface area contributed by atoms with Crippen molar-refractivity contribution in [3.8, 4) is 0 Å². The van der Waals surface area contributed by atoms with E-state index in [1.807, 2.05) is 0 Å². The Kier molecular flexibility index (Phi) is 4.66. The molecule has 0 bridgehead atoms. The molecule has 0 spiro atoms. The summed E-state index contributed by atoms with van der Waals surface area (Å²) in [7, 11) is 0. The second kappa shape index (κ2) is 6.25. The molecule has 0 aliphatic carbocycles. The van der Waals surface area contributed by atoms with Crippen molar-refractivity contribution in [3.63, 3.8) is 0 Å². The molecule has 2 rings (SSSR count). The molecule has 1 heterocycles. The predicted octanol–water partition coefficient (Wildman–Crippen LogP) is 2.55. The van der Waals surface area contributed by atoms with Crippen molar-refractivity contribution in [2.75, 3.05) is 6.54 Å². The smallest absolute Gasteiger partial charge is 0.320 e. The van der Waals surface area contributed by atoms with Gasteiger partial charge in [0.1, 0.15) is 6.04 Å². The Labute approximate surface area is 112 Å². The number of rotatable bonds is 5. The summed E-state index contributed by atoms with van der Waals surface area (Å²) < 4.78 is 0. The number of aliphatic carboxylic acids is 1. The maximum absolute atomic E-state index is 10.8. The van der Waals surface area contributed by atoms with Crippen molar-refractivity contribution in [2.45, 2.75) is 42.4 Å². The monoisotopic (exact) mass is 265 g/mol. The summed E-state index contributed by atoms with van der Waals surface area (Å²) in [5, 5.41) is 12.3. The van der Waals surface area contributed by atoms with E-state index < -0.39 is 5.97 Å². The van der Waals surface area contributed by atoms with Crippen LogP contribution in [0.2, 0.25) is 0 Å². The highest BCUT2D eigenvalue weighted by Gasteiger charge is 2.29. The van der Waals surface area contributed by atoms with Gasteiger partial charge in [0.05, 0.1) is 0 Å². The van der Waals surface area contributed by atoms with E-state index in [2.05, 4.69) is 36.5 Å². The number of nitrogens with one attached hydrogen (secondary N) is 1. The lowest BCUT2D eigenvalue weighted by Gasteiger charge is -2.08. The Morgan fingerprint density at radius 1 is 1.44 bits per heavy atom. The fourth-order valence-electron chi connectivity index (χ4n) is 2.20. The first-order valence-corrected chi connectivity index (χ1v) is 7.28. The van der Waals surface area contributed by atoms with Gasteiger partial charge in [-0.05, 0) is 30.5 Å². The van der Waals surface area contributed by atoms with Gasteiger partial charge in [-0.25, -0.2) is 0 Å². The molecule has 1 aromatic rings. The molecular weight excluding hydrogens is 246 g/mol. The number of carbonyl (C=O) groups is 1. The van der Waals surface area contributed by atoms with Gasteiger partial charge in [0.15, 0.2) is 0 Å². The van der Waals surface area contributed by atoms with Crippen LogP contribution in [0.15, 0.2) is 29.2 Å². The average molecular weight is 265 g/mol. The lowest BCUT2D eigenvalue weighted by Crippen LogP contribution is -2.29. The van der Waals surface area contributed by atoms with Gasteiger partial charge in [-0.1, -0.05) is 25.5 Å². The molecule has 1 fully saturated rings. The zero-order valence-corrected chi connectivity index (χ0v) is 11.4. The van der Waals surface area contributed by atoms with Gasteiger partial charge in [-0.15, -0.1) is 11.8 Å². The third kappa shape index (κ3) is 3.50. The maximum atomic E-state index is 10.8. The molecule has 0 aromatic heterocycles. The Balaban J connectivity index is 1.88. The lowest BCUT2D eigenvalue weighted by molar-refractivity contribution is -0.139. The van der Waals surface area contributed by atoms with Crippen molar-refractivity contribution in [3.05, 3.63) is 29.8 Å². The highest BCUT2D eigenvalue weighted by molar-refractivity contribution is 8.00. The number of thioether (sulfide) groups is 1. The Morgan fingerprint density at radius 3 is 2.72 bits per heavy atom. The van der Waals surface area contributed by atoms with Crippen molar-refractivity contribution in [2.24, 2.45) is 0 Å². The molecule has 0 radical (unpaired) electrons. The van der Waals surface area contributed by atoms with Crippen LogP contribution < -0.4 is 5.32 Å². The molecule has 1 saturated heterocycles. The van der Waals surface area contributed by atoms with Gasteiger partial charge < -0.3 is 10.4 Å². The largest absolute Gasteiger partial charge is 0.480 e. The first-order valence-electron chi connectivity index (χ1n) is 6.41. The van der Waals surface area contributed by atoms with Gasteiger partial charge in [-0.3, -0.25) is 4.79 Å². The molecule has 0 unspecified atom stereocenters. The van der Waals surface area contributed by atoms with E-state index in [-0.39, 0.29) is 6.04 Å².